The molecule has 2 aromatic rings. The predicted molar refractivity (Wildman–Crippen MR) is 78.3 cm³/mol. The second kappa shape index (κ2) is 6.14. The Bertz CT molecular complexity index is 558. The van der Waals surface area contributed by atoms with Crippen molar-refractivity contribution in [3.8, 4) is 0 Å². The van der Waals surface area contributed by atoms with Crippen LogP contribution in [0.15, 0.2) is 24.3 Å². The van der Waals surface area contributed by atoms with Crippen LogP contribution in [-0.4, -0.2) is 0 Å². The minimum Gasteiger partial charge on any atom is -0.147 e. The zero-order valence-corrected chi connectivity index (χ0v) is 12.5. The number of halogens is 4. The van der Waals surface area contributed by atoms with Gasteiger partial charge < -0.3 is 0 Å². The highest BCUT2D eigenvalue weighted by Crippen LogP contribution is 2.51. The highest BCUT2D eigenvalue weighted by atomic mass is 35.5. The second-order valence-electron chi connectivity index (χ2n) is 4.34. The van der Waals surface area contributed by atoms with E-state index in [-0.39, 0.29) is 12.4 Å². The first-order valence-electron chi connectivity index (χ1n) is 6.12. The molecule has 0 spiro atoms. The van der Waals surface area contributed by atoms with Gasteiger partial charge in [-0.15, -0.1) is 25.6 Å². The van der Waals surface area contributed by atoms with Gasteiger partial charge in [-0.3, -0.25) is 0 Å². The number of thiophene rings is 1. The van der Waals surface area contributed by atoms with E-state index in [4.69, 9.17) is 0 Å². The summed E-state index contributed by atoms with van der Waals surface area (Å²) in [6.45, 7) is 3.88. The molecule has 0 aliphatic carbocycles. The van der Waals surface area contributed by atoms with Crippen LogP contribution < -0.4 is 0 Å². The molecule has 1 heterocycles. The largest absolute Gasteiger partial charge is 0.600 e. The van der Waals surface area contributed by atoms with Crippen molar-refractivity contribution >= 4 is 33.0 Å². The molecular weight excluding hydrogens is 293 g/mol. The molecule has 0 aliphatic heterocycles. The predicted octanol–water partition coefficient (Wildman–Crippen LogP) is 6.00. The van der Waals surface area contributed by atoms with Crippen molar-refractivity contribution in [3.63, 3.8) is 0 Å². The smallest absolute Gasteiger partial charge is 0.147 e. The van der Waals surface area contributed by atoms with Crippen LogP contribution in [0.25, 0.3) is 10.1 Å². The molecular formula is C14H17ClF3S+. The number of fused-ring (bicyclic) bond motifs is 1. The summed E-state index contributed by atoms with van der Waals surface area (Å²) < 4.78 is 40.1. The maximum absolute atomic E-state index is 13.2. The molecule has 0 fully saturated rings. The number of hydrogen-bond acceptors (Lipinski definition) is 0. The molecule has 19 heavy (non-hydrogen) atoms. The van der Waals surface area contributed by atoms with E-state index >= 15 is 0 Å². The summed E-state index contributed by atoms with van der Waals surface area (Å²) in [6, 6.07) is 7.20. The lowest BCUT2D eigenvalue weighted by atomic mass is 10.1. The number of hydrogen-bond donors (Lipinski definition) is 0. The summed E-state index contributed by atoms with van der Waals surface area (Å²) in [4.78, 5) is 0.535. The van der Waals surface area contributed by atoms with Gasteiger partial charge in [0.2, 0.25) is 0 Å². The fourth-order valence-corrected chi connectivity index (χ4v) is 4.28. The Morgan fingerprint density at radius 3 is 2.32 bits per heavy atom. The minimum atomic E-state index is -4.15. The van der Waals surface area contributed by atoms with E-state index in [0.29, 0.717) is 16.0 Å². The van der Waals surface area contributed by atoms with Gasteiger partial charge in [0, 0.05) is 23.9 Å². The molecule has 106 valence electrons. The van der Waals surface area contributed by atoms with E-state index < -0.39 is 16.0 Å². The topological polar surface area (TPSA) is 0 Å². The number of aryl methyl sites for hydroxylation is 2. The van der Waals surface area contributed by atoms with Crippen molar-refractivity contribution in [3.05, 3.63) is 34.7 Å². The van der Waals surface area contributed by atoms with Crippen LogP contribution in [0.2, 0.25) is 0 Å². The Balaban J connectivity index is 0.00000180. The summed E-state index contributed by atoms with van der Waals surface area (Å²) in [5, 5.41) is 0.747. The molecule has 1 aromatic carbocycles. The summed E-state index contributed by atoms with van der Waals surface area (Å²) in [5.41, 5.74) is -3.18. The van der Waals surface area contributed by atoms with Gasteiger partial charge in [-0.2, -0.15) is 0 Å². The summed E-state index contributed by atoms with van der Waals surface area (Å²) in [7, 11) is -1.71. The Kier molecular flexibility index (Phi) is 5.27. The van der Waals surface area contributed by atoms with Crippen LogP contribution in [-0.2, 0) is 18.3 Å². The Morgan fingerprint density at radius 2 is 1.79 bits per heavy atom. The number of rotatable bonds is 3. The van der Waals surface area contributed by atoms with Crippen LogP contribution >= 0.6 is 22.9 Å². The molecule has 0 amide bonds. The highest BCUT2D eigenvalue weighted by molar-refractivity contribution is 7.38. The van der Waals surface area contributed by atoms with Crippen molar-refractivity contribution in [2.45, 2.75) is 38.6 Å². The molecule has 2 rings (SSSR count). The minimum absolute atomic E-state index is 0. The third kappa shape index (κ3) is 3.23. The van der Waals surface area contributed by atoms with E-state index in [2.05, 4.69) is 0 Å². The zero-order valence-electron chi connectivity index (χ0n) is 10.9. The van der Waals surface area contributed by atoms with Crippen LogP contribution in [0.5, 0.6) is 0 Å². The van der Waals surface area contributed by atoms with Gasteiger partial charge in [0.15, 0.2) is 9.58 Å². The summed E-state index contributed by atoms with van der Waals surface area (Å²) in [6.07, 6.45) is 2.05. The van der Waals surface area contributed by atoms with Gasteiger partial charge in [0.25, 0.3) is 0 Å². The van der Waals surface area contributed by atoms with Crippen LogP contribution in [0.1, 0.15) is 30.7 Å². The van der Waals surface area contributed by atoms with Gasteiger partial charge in [-0.05, 0) is 24.5 Å². The molecule has 0 aliphatic rings. The van der Waals surface area contributed by atoms with Crippen molar-refractivity contribution in [1.82, 2.24) is 0 Å². The maximum Gasteiger partial charge on any atom is 0.600 e. The van der Waals surface area contributed by atoms with E-state index in [0.717, 1.165) is 23.8 Å². The molecule has 1 unspecified atom stereocenters. The lowest BCUT2D eigenvalue weighted by molar-refractivity contribution is -0.0867. The molecule has 0 N–H and O–H groups in total. The molecule has 0 nitrogen and oxygen atoms in total. The molecule has 1 aromatic heterocycles. The first-order valence-corrected chi connectivity index (χ1v) is 7.34. The second-order valence-corrected chi connectivity index (χ2v) is 6.38. The van der Waals surface area contributed by atoms with Gasteiger partial charge in [0.1, 0.15) is 0 Å². The third-order valence-corrected chi connectivity index (χ3v) is 5.12. The first-order chi connectivity index (χ1) is 8.47. The normalized spacial score (nSPS) is 12.6. The molecule has 0 radical (unpaired) electrons. The Hall–Kier alpha value is -0.740. The average Bonchev–Trinajstić information content (AvgIpc) is 2.65. The molecule has 0 bridgehead atoms. The van der Waals surface area contributed by atoms with Crippen molar-refractivity contribution in [1.29, 1.82) is 0 Å². The fraction of sp³-hybridized carbons (Fsp3) is 0.429. The van der Waals surface area contributed by atoms with E-state index in [1.165, 1.54) is 0 Å². The number of benzene rings is 1. The lowest BCUT2D eigenvalue weighted by Gasteiger charge is -2.00. The monoisotopic (exact) mass is 309 g/mol. The van der Waals surface area contributed by atoms with Crippen molar-refractivity contribution < 1.29 is 13.2 Å². The van der Waals surface area contributed by atoms with Gasteiger partial charge in [-0.1, -0.05) is 19.9 Å². The summed E-state index contributed by atoms with van der Waals surface area (Å²) >= 11 is 0. The highest BCUT2D eigenvalue weighted by Gasteiger charge is 2.47. The van der Waals surface area contributed by atoms with E-state index in [9.17, 15) is 13.2 Å². The summed E-state index contributed by atoms with van der Waals surface area (Å²) in [5.74, 6) is 0. The van der Waals surface area contributed by atoms with E-state index in [1.54, 1.807) is 12.1 Å². The van der Waals surface area contributed by atoms with Gasteiger partial charge in [0.05, 0.1) is 10.5 Å². The van der Waals surface area contributed by atoms with Gasteiger partial charge >= 0.3 is 5.51 Å². The zero-order chi connectivity index (χ0) is 13.3. The SMILES string of the molecule is CCCc1cc2ccc(CC)cc2[s+]1C(F)(F)F.Cl. The molecule has 0 saturated heterocycles. The van der Waals surface area contributed by atoms with Crippen molar-refractivity contribution in [2.24, 2.45) is 0 Å². The molecule has 5 heteroatoms. The Labute approximate surface area is 120 Å². The fourth-order valence-electron chi connectivity index (χ4n) is 2.16. The lowest BCUT2D eigenvalue weighted by Crippen LogP contribution is -1.98. The van der Waals surface area contributed by atoms with Crippen molar-refractivity contribution in [2.75, 3.05) is 0 Å². The first kappa shape index (κ1) is 16.3. The van der Waals surface area contributed by atoms with Crippen LogP contribution in [0, 0.1) is 0 Å². The van der Waals surface area contributed by atoms with E-state index in [1.807, 2.05) is 26.0 Å². The average molecular weight is 310 g/mol. The maximum atomic E-state index is 13.2. The van der Waals surface area contributed by atoms with Crippen LogP contribution in [0.4, 0.5) is 13.2 Å². The third-order valence-electron chi connectivity index (χ3n) is 3.01. The van der Waals surface area contributed by atoms with Gasteiger partial charge in [-0.25, -0.2) is 0 Å². The Morgan fingerprint density at radius 1 is 1.11 bits per heavy atom. The standard InChI is InChI=1S/C14H16F3S.ClH/c1-3-5-12-9-11-7-6-10(4-2)8-13(11)18(12)14(15,16)17;/h6-9H,3-5H2,1-2H3;1H/q+1;. The quantitative estimate of drug-likeness (QED) is 0.610. The van der Waals surface area contributed by atoms with Crippen LogP contribution in [0.3, 0.4) is 0 Å². The molecule has 0 saturated carbocycles. The molecule has 1 atom stereocenters. The number of alkyl halides is 3.